The second kappa shape index (κ2) is 3.17. The van der Waals surface area contributed by atoms with Gasteiger partial charge in [0, 0.05) is 25.1 Å². The Morgan fingerprint density at radius 2 is 2.21 bits per heavy atom. The fourth-order valence-corrected chi connectivity index (χ4v) is 1.56. The molecular formula is C9H10N2O3. The van der Waals surface area contributed by atoms with Gasteiger partial charge in [0.1, 0.15) is 0 Å². The first-order valence-electron chi connectivity index (χ1n) is 4.35. The van der Waals surface area contributed by atoms with E-state index in [0.29, 0.717) is 13.0 Å². The molecule has 1 aliphatic heterocycles. The van der Waals surface area contributed by atoms with Crippen molar-refractivity contribution in [3.05, 3.63) is 28.2 Å². The van der Waals surface area contributed by atoms with E-state index in [1.165, 1.54) is 12.3 Å². The summed E-state index contributed by atoms with van der Waals surface area (Å²) < 4.78 is 0. The van der Waals surface area contributed by atoms with Crippen molar-refractivity contribution in [1.82, 2.24) is 10.3 Å². The van der Waals surface area contributed by atoms with Crippen LogP contribution >= 0.6 is 0 Å². The summed E-state index contributed by atoms with van der Waals surface area (Å²) in [5.41, 5.74) is 0.270. The highest BCUT2D eigenvalue weighted by molar-refractivity contribution is 5.79. The molecule has 74 valence electrons. The normalized spacial score (nSPS) is 20.9. The largest absolute Gasteiger partial charge is 0.503 e. The summed E-state index contributed by atoms with van der Waals surface area (Å²) in [4.78, 5) is 24.2. The van der Waals surface area contributed by atoms with Gasteiger partial charge in [0.2, 0.25) is 5.91 Å². The Labute approximate surface area is 79.8 Å². The van der Waals surface area contributed by atoms with Crippen LogP contribution in [0.25, 0.3) is 0 Å². The minimum absolute atomic E-state index is 0.000639. The van der Waals surface area contributed by atoms with Crippen molar-refractivity contribution < 1.29 is 9.90 Å². The van der Waals surface area contributed by atoms with Gasteiger partial charge in [0.15, 0.2) is 5.75 Å². The lowest BCUT2D eigenvalue weighted by molar-refractivity contribution is -0.119. The fourth-order valence-electron chi connectivity index (χ4n) is 1.56. The second-order valence-electron chi connectivity index (χ2n) is 3.35. The Morgan fingerprint density at radius 3 is 2.79 bits per heavy atom. The maximum absolute atomic E-state index is 10.9. The molecule has 0 aromatic carbocycles. The van der Waals surface area contributed by atoms with Gasteiger partial charge in [0.25, 0.3) is 5.56 Å². The van der Waals surface area contributed by atoms with Crippen LogP contribution in [0.4, 0.5) is 0 Å². The first kappa shape index (κ1) is 8.80. The Morgan fingerprint density at radius 1 is 1.43 bits per heavy atom. The van der Waals surface area contributed by atoms with Crippen LogP contribution in [0.15, 0.2) is 17.1 Å². The molecule has 14 heavy (non-hydrogen) atoms. The summed E-state index contributed by atoms with van der Waals surface area (Å²) in [5.74, 6) is -0.257. The van der Waals surface area contributed by atoms with Gasteiger partial charge < -0.3 is 15.4 Å². The minimum atomic E-state index is -0.508. The first-order chi connectivity index (χ1) is 6.66. The molecule has 1 unspecified atom stereocenters. The molecule has 1 fully saturated rings. The van der Waals surface area contributed by atoms with Crippen molar-refractivity contribution in [2.24, 2.45) is 0 Å². The maximum atomic E-state index is 10.9. The summed E-state index contributed by atoms with van der Waals surface area (Å²) in [7, 11) is 0. The minimum Gasteiger partial charge on any atom is -0.503 e. The van der Waals surface area contributed by atoms with Gasteiger partial charge in [-0.15, -0.1) is 0 Å². The van der Waals surface area contributed by atoms with E-state index in [-0.39, 0.29) is 17.6 Å². The number of hydrogen-bond acceptors (Lipinski definition) is 3. The first-order valence-corrected chi connectivity index (χ1v) is 4.35. The van der Waals surface area contributed by atoms with E-state index in [4.69, 9.17) is 0 Å². The van der Waals surface area contributed by atoms with E-state index < -0.39 is 5.56 Å². The monoisotopic (exact) mass is 194 g/mol. The predicted octanol–water partition coefficient (Wildman–Crippen LogP) is -0.316. The quantitative estimate of drug-likeness (QED) is 0.573. The molecule has 1 saturated heterocycles. The van der Waals surface area contributed by atoms with Crippen LogP contribution < -0.4 is 10.9 Å². The number of carbonyl (C=O) groups is 1. The van der Waals surface area contributed by atoms with Crippen LogP contribution in [-0.4, -0.2) is 22.5 Å². The molecule has 0 aliphatic carbocycles. The zero-order chi connectivity index (χ0) is 10.1. The lowest BCUT2D eigenvalue weighted by atomic mass is 10.0. The van der Waals surface area contributed by atoms with Crippen molar-refractivity contribution in [3.8, 4) is 5.75 Å². The van der Waals surface area contributed by atoms with Crippen LogP contribution in [0.3, 0.4) is 0 Å². The van der Waals surface area contributed by atoms with E-state index in [1.54, 1.807) is 0 Å². The molecule has 0 bridgehead atoms. The highest BCUT2D eigenvalue weighted by Gasteiger charge is 2.23. The van der Waals surface area contributed by atoms with Gasteiger partial charge in [-0.25, -0.2) is 0 Å². The van der Waals surface area contributed by atoms with E-state index in [0.717, 1.165) is 5.56 Å². The molecule has 1 aromatic rings. The van der Waals surface area contributed by atoms with Gasteiger partial charge in [-0.05, 0) is 11.6 Å². The average Bonchev–Trinajstić information content (AvgIpc) is 2.57. The number of amides is 1. The molecular weight excluding hydrogens is 184 g/mol. The standard InChI is InChI=1S/C9H10N2O3/c12-7-1-5(4-11-9(7)14)6-2-8(13)10-3-6/h1,4,6,12H,2-3H2,(H,10,13)(H,11,14). The maximum Gasteiger partial charge on any atom is 0.290 e. The number of rotatable bonds is 1. The molecule has 2 heterocycles. The third kappa shape index (κ3) is 1.48. The molecule has 5 heteroatoms. The van der Waals surface area contributed by atoms with E-state index in [2.05, 4.69) is 10.3 Å². The van der Waals surface area contributed by atoms with Gasteiger partial charge in [0.05, 0.1) is 0 Å². The van der Waals surface area contributed by atoms with Crippen molar-refractivity contribution >= 4 is 5.91 Å². The Bertz CT molecular complexity index is 424. The molecule has 1 amide bonds. The predicted molar refractivity (Wildman–Crippen MR) is 49.1 cm³/mol. The van der Waals surface area contributed by atoms with Crippen LogP contribution in [0.1, 0.15) is 17.9 Å². The summed E-state index contributed by atoms with van der Waals surface area (Å²) in [6.07, 6.45) is 1.94. The second-order valence-corrected chi connectivity index (χ2v) is 3.35. The average molecular weight is 194 g/mol. The Balaban J connectivity index is 2.29. The van der Waals surface area contributed by atoms with E-state index >= 15 is 0 Å². The van der Waals surface area contributed by atoms with E-state index in [9.17, 15) is 14.7 Å². The number of pyridine rings is 1. The van der Waals surface area contributed by atoms with Gasteiger partial charge in [-0.3, -0.25) is 9.59 Å². The number of aromatic hydroxyl groups is 1. The van der Waals surface area contributed by atoms with Crippen LogP contribution in [-0.2, 0) is 4.79 Å². The molecule has 0 saturated carbocycles. The molecule has 1 atom stereocenters. The lowest BCUT2D eigenvalue weighted by Crippen LogP contribution is -2.14. The van der Waals surface area contributed by atoms with Gasteiger partial charge >= 0.3 is 0 Å². The van der Waals surface area contributed by atoms with Crippen LogP contribution in [0.2, 0.25) is 0 Å². The molecule has 3 N–H and O–H groups in total. The molecule has 0 spiro atoms. The zero-order valence-electron chi connectivity index (χ0n) is 7.41. The Kier molecular flexibility index (Phi) is 1.99. The third-order valence-electron chi connectivity index (χ3n) is 2.35. The summed E-state index contributed by atoms with van der Waals surface area (Å²) in [6.45, 7) is 0.560. The zero-order valence-corrected chi connectivity index (χ0v) is 7.41. The summed E-state index contributed by atoms with van der Waals surface area (Å²) in [6, 6.07) is 1.41. The van der Waals surface area contributed by atoms with E-state index in [1.807, 2.05) is 0 Å². The number of H-pyrrole nitrogens is 1. The molecule has 1 aliphatic rings. The van der Waals surface area contributed by atoms with Crippen molar-refractivity contribution in [2.75, 3.05) is 6.54 Å². The number of nitrogens with one attached hydrogen (secondary N) is 2. The number of aromatic amines is 1. The summed E-state index contributed by atoms with van der Waals surface area (Å²) in [5, 5.41) is 11.9. The van der Waals surface area contributed by atoms with Gasteiger partial charge in [-0.1, -0.05) is 0 Å². The van der Waals surface area contributed by atoms with Crippen LogP contribution in [0.5, 0.6) is 5.75 Å². The number of hydrogen-bond donors (Lipinski definition) is 3. The third-order valence-corrected chi connectivity index (χ3v) is 2.35. The van der Waals surface area contributed by atoms with Gasteiger partial charge in [-0.2, -0.15) is 0 Å². The lowest BCUT2D eigenvalue weighted by Gasteiger charge is -2.06. The number of aromatic nitrogens is 1. The topological polar surface area (TPSA) is 82.2 Å². The molecule has 2 rings (SSSR count). The van der Waals surface area contributed by atoms with Crippen molar-refractivity contribution in [1.29, 1.82) is 0 Å². The van der Waals surface area contributed by atoms with Crippen molar-refractivity contribution in [2.45, 2.75) is 12.3 Å². The number of carbonyl (C=O) groups excluding carboxylic acids is 1. The molecule has 0 radical (unpaired) electrons. The molecule has 1 aromatic heterocycles. The SMILES string of the molecule is O=C1CC(c2c[nH]c(=O)c(O)c2)CN1. The van der Waals surface area contributed by atoms with Crippen molar-refractivity contribution in [3.63, 3.8) is 0 Å². The smallest absolute Gasteiger partial charge is 0.290 e. The fraction of sp³-hybridized carbons (Fsp3) is 0.333. The Hall–Kier alpha value is -1.78. The highest BCUT2D eigenvalue weighted by atomic mass is 16.3. The summed E-state index contributed by atoms with van der Waals surface area (Å²) >= 11 is 0. The van der Waals surface area contributed by atoms with Crippen LogP contribution in [0, 0.1) is 0 Å². The highest BCUT2D eigenvalue weighted by Crippen LogP contribution is 2.23. The molecule has 5 nitrogen and oxygen atoms in total.